The standard InChI is InChI=1S/C26H27F3N6O2/c1-17-22(16-32-35(17)24-9-4-19(14-31-24)26(27,28)29)25(36)33-20-5-8-23(30-15-20)18-2-6-21(7-3-18)34-10-12-37-13-11-34/h2,4-5,8-9,14-16,21H,3,6-7,10-13H2,1H3,(H,33,36). The monoisotopic (exact) mass is 512 g/mol. The van der Waals surface area contributed by atoms with Gasteiger partial charge in [0, 0.05) is 25.3 Å². The molecule has 1 N–H and O–H groups in total. The number of hydrogen-bond acceptors (Lipinski definition) is 6. The summed E-state index contributed by atoms with van der Waals surface area (Å²) in [5.41, 5.74) is 2.54. The van der Waals surface area contributed by atoms with E-state index in [2.05, 4.69) is 31.4 Å². The van der Waals surface area contributed by atoms with Crippen molar-refractivity contribution in [1.29, 1.82) is 0 Å². The van der Waals surface area contributed by atoms with E-state index >= 15 is 0 Å². The number of amides is 1. The van der Waals surface area contributed by atoms with Crippen molar-refractivity contribution in [1.82, 2.24) is 24.6 Å². The first-order valence-corrected chi connectivity index (χ1v) is 12.2. The van der Waals surface area contributed by atoms with Crippen LogP contribution in [-0.4, -0.2) is 62.9 Å². The van der Waals surface area contributed by atoms with E-state index in [4.69, 9.17) is 4.74 Å². The highest BCUT2D eigenvalue weighted by Crippen LogP contribution is 2.30. The minimum absolute atomic E-state index is 0.187. The normalized spacial score (nSPS) is 18.9. The molecule has 1 saturated heterocycles. The topological polar surface area (TPSA) is 85.2 Å². The van der Waals surface area contributed by atoms with Crippen LogP contribution in [-0.2, 0) is 10.9 Å². The molecule has 1 aliphatic carbocycles. The molecule has 11 heteroatoms. The number of halogens is 3. The van der Waals surface area contributed by atoms with Crippen molar-refractivity contribution in [2.45, 2.75) is 38.4 Å². The summed E-state index contributed by atoms with van der Waals surface area (Å²) in [4.78, 5) is 23.7. The Hall–Kier alpha value is -3.57. The van der Waals surface area contributed by atoms with Crippen molar-refractivity contribution < 1.29 is 22.7 Å². The van der Waals surface area contributed by atoms with E-state index in [0.29, 0.717) is 17.4 Å². The molecule has 1 fully saturated rings. The van der Waals surface area contributed by atoms with Crippen molar-refractivity contribution in [3.05, 3.63) is 71.4 Å². The van der Waals surface area contributed by atoms with Gasteiger partial charge in [-0.25, -0.2) is 9.67 Å². The fourth-order valence-electron chi connectivity index (χ4n) is 4.73. The minimum Gasteiger partial charge on any atom is -0.379 e. The summed E-state index contributed by atoms with van der Waals surface area (Å²) in [6.45, 7) is 5.23. The van der Waals surface area contributed by atoms with E-state index < -0.39 is 17.6 Å². The van der Waals surface area contributed by atoms with Crippen LogP contribution in [0.5, 0.6) is 0 Å². The zero-order valence-electron chi connectivity index (χ0n) is 20.3. The molecule has 0 radical (unpaired) electrons. The van der Waals surface area contributed by atoms with Gasteiger partial charge < -0.3 is 10.1 Å². The fourth-order valence-corrected chi connectivity index (χ4v) is 4.73. The van der Waals surface area contributed by atoms with Crippen LogP contribution in [0.1, 0.15) is 46.6 Å². The summed E-state index contributed by atoms with van der Waals surface area (Å²) >= 11 is 0. The number of hydrogen-bond donors (Lipinski definition) is 1. The molecule has 3 aromatic rings. The van der Waals surface area contributed by atoms with Crippen molar-refractivity contribution in [3.63, 3.8) is 0 Å². The van der Waals surface area contributed by atoms with E-state index in [1.54, 1.807) is 13.1 Å². The third-order valence-electron chi connectivity index (χ3n) is 6.84. The lowest BCUT2D eigenvalue weighted by Gasteiger charge is -2.36. The average molecular weight is 513 g/mol. The van der Waals surface area contributed by atoms with Crippen LogP contribution < -0.4 is 5.32 Å². The molecule has 1 unspecified atom stereocenters. The summed E-state index contributed by atoms with van der Waals surface area (Å²) in [7, 11) is 0. The van der Waals surface area contributed by atoms with Gasteiger partial charge in [0.2, 0.25) is 0 Å². The second kappa shape index (κ2) is 10.4. The van der Waals surface area contributed by atoms with Crippen LogP contribution >= 0.6 is 0 Å². The molecule has 2 aliphatic rings. The molecule has 8 nitrogen and oxygen atoms in total. The Morgan fingerprint density at radius 1 is 1.08 bits per heavy atom. The Balaban J connectivity index is 1.22. The van der Waals surface area contributed by atoms with Crippen molar-refractivity contribution in [2.24, 2.45) is 0 Å². The summed E-state index contributed by atoms with van der Waals surface area (Å²) < 4.78 is 45.2. The first-order valence-electron chi connectivity index (χ1n) is 12.2. The first kappa shape index (κ1) is 25.1. The van der Waals surface area contributed by atoms with Crippen LogP contribution in [0.3, 0.4) is 0 Å². The summed E-state index contributed by atoms with van der Waals surface area (Å²) in [6.07, 6.45) is 4.55. The zero-order valence-corrected chi connectivity index (χ0v) is 20.3. The lowest BCUT2D eigenvalue weighted by Crippen LogP contribution is -2.43. The van der Waals surface area contributed by atoms with Crippen LogP contribution in [0.2, 0.25) is 0 Å². The lowest BCUT2D eigenvalue weighted by atomic mass is 9.92. The second-order valence-electron chi connectivity index (χ2n) is 9.15. The van der Waals surface area contributed by atoms with Gasteiger partial charge in [-0.15, -0.1) is 0 Å². The smallest absolute Gasteiger partial charge is 0.379 e. The summed E-state index contributed by atoms with van der Waals surface area (Å²) in [5, 5.41) is 6.95. The molecule has 0 bridgehead atoms. The predicted octanol–water partition coefficient (Wildman–Crippen LogP) is 4.51. The molecule has 0 aromatic carbocycles. The third kappa shape index (κ3) is 5.57. The Bertz CT molecular complexity index is 1280. The number of carbonyl (C=O) groups is 1. The van der Waals surface area contributed by atoms with E-state index in [1.807, 2.05) is 12.1 Å². The molecule has 1 amide bonds. The Morgan fingerprint density at radius 2 is 1.89 bits per heavy atom. The molecule has 37 heavy (non-hydrogen) atoms. The number of allylic oxidation sites excluding steroid dienone is 1. The predicted molar refractivity (Wildman–Crippen MR) is 131 cm³/mol. The van der Waals surface area contributed by atoms with Crippen molar-refractivity contribution in [2.75, 3.05) is 31.6 Å². The molecule has 1 aliphatic heterocycles. The quantitative estimate of drug-likeness (QED) is 0.542. The van der Waals surface area contributed by atoms with E-state index in [9.17, 15) is 18.0 Å². The van der Waals surface area contributed by atoms with Crippen molar-refractivity contribution >= 4 is 17.2 Å². The van der Waals surface area contributed by atoms with Crippen LogP contribution in [0.15, 0.2) is 48.9 Å². The summed E-state index contributed by atoms with van der Waals surface area (Å²) in [5.74, 6) is -0.206. The molecule has 194 valence electrons. The van der Waals surface area contributed by atoms with Gasteiger partial charge in [-0.3, -0.25) is 14.7 Å². The number of aromatic nitrogens is 4. The Morgan fingerprint density at radius 3 is 2.51 bits per heavy atom. The van der Waals surface area contributed by atoms with Gasteiger partial charge in [-0.1, -0.05) is 6.08 Å². The van der Waals surface area contributed by atoms with Gasteiger partial charge in [0.25, 0.3) is 5.91 Å². The van der Waals surface area contributed by atoms with Crippen LogP contribution in [0, 0.1) is 6.92 Å². The van der Waals surface area contributed by atoms with Crippen LogP contribution in [0.4, 0.5) is 18.9 Å². The van der Waals surface area contributed by atoms with E-state index in [-0.39, 0.29) is 11.4 Å². The second-order valence-corrected chi connectivity index (χ2v) is 9.15. The maximum absolute atomic E-state index is 12.9. The molecule has 0 spiro atoms. The van der Waals surface area contributed by atoms with Gasteiger partial charge in [-0.05, 0) is 56.0 Å². The summed E-state index contributed by atoms with van der Waals surface area (Å²) in [6, 6.07) is 6.41. The van der Waals surface area contributed by atoms with Crippen LogP contribution in [0.25, 0.3) is 11.4 Å². The highest BCUT2D eigenvalue weighted by Gasteiger charge is 2.31. The number of anilines is 1. The average Bonchev–Trinajstić information content (AvgIpc) is 3.30. The molecule has 4 heterocycles. The number of pyridine rings is 2. The van der Waals surface area contributed by atoms with Crippen molar-refractivity contribution in [3.8, 4) is 5.82 Å². The molecule has 5 rings (SSSR count). The maximum Gasteiger partial charge on any atom is 0.417 e. The van der Waals surface area contributed by atoms with Gasteiger partial charge in [0.05, 0.1) is 53.8 Å². The Labute approximate surface area is 212 Å². The number of alkyl halides is 3. The highest BCUT2D eigenvalue weighted by atomic mass is 19.4. The zero-order chi connectivity index (χ0) is 26.0. The number of nitrogens with one attached hydrogen (secondary N) is 1. The number of morpholine rings is 1. The van der Waals surface area contributed by atoms with E-state index in [1.165, 1.54) is 22.5 Å². The molecule has 3 aromatic heterocycles. The number of ether oxygens (including phenoxy) is 1. The number of carbonyl (C=O) groups excluding carboxylic acids is 1. The molecular weight excluding hydrogens is 485 g/mol. The van der Waals surface area contributed by atoms with Gasteiger partial charge in [0.15, 0.2) is 5.82 Å². The minimum atomic E-state index is -4.47. The fraction of sp³-hybridized carbons (Fsp3) is 0.385. The van der Waals surface area contributed by atoms with Gasteiger partial charge in [-0.2, -0.15) is 18.3 Å². The van der Waals surface area contributed by atoms with E-state index in [0.717, 1.165) is 63.5 Å². The van der Waals surface area contributed by atoms with Gasteiger partial charge in [0.1, 0.15) is 0 Å². The largest absolute Gasteiger partial charge is 0.417 e. The first-order chi connectivity index (χ1) is 17.8. The van der Waals surface area contributed by atoms with Gasteiger partial charge >= 0.3 is 6.18 Å². The number of rotatable bonds is 5. The molecule has 1 atom stereocenters. The Kier molecular flexibility index (Phi) is 7.07. The lowest BCUT2D eigenvalue weighted by molar-refractivity contribution is -0.137. The molecular formula is C26H27F3N6O2. The number of nitrogens with zero attached hydrogens (tertiary/aromatic N) is 5. The maximum atomic E-state index is 12.9. The highest BCUT2D eigenvalue weighted by molar-refractivity contribution is 6.04. The molecule has 0 saturated carbocycles. The third-order valence-corrected chi connectivity index (χ3v) is 6.84. The SMILES string of the molecule is Cc1c(C(=O)Nc2ccc(C3=CCC(N4CCOCC4)CC3)nc2)cnn1-c1ccc(C(F)(F)F)cn1.